The number of carbonyl (C=O) groups excluding carboxylic acids is 1. The summed E-state index contributed by atoms with van der Waals surface area (Å²) in [5.41, 5.74) is 0.456. The smallest absolute Gasteiger partial charge is 0.337 e. The molecule has 4 rings (SSSR count). The molecule has 3 heterocycles. The first kappa shape index (κ1) is 21.8. The summed E-state index contributed by atoms with van der Waals surface area (Å²) in [6.45, 7) is 4.95. The number of urea groups is 1. The zero-order chi connectivity index (χ0) is 22.9. The monoisotopic (exact) mass is 444 g/mol. The maximum Gasteiger partial charge on any atom is 0.433 e. The Kier molecular flexibility index (Phi) is 5.86. The topological polar surface area (TPSA) is 74.2 Å². The SMILES string of the molecule is CC(C)C1CN(c2nccc(C(F)(F)F)n2)CCN1C(=O)Nc1cccc2ncccc12. The van der Waals surface area contributed by atoms with Gasteiger partial charge >= 0.3 is 12.2 Å². The van der Waals surface area contributed by atoms with Crippen molar-refractivity contribution in [1.82, 2.24) is 19.9 Å². The van der Waals surface area contributed by atoms with E-state index in [2.05, 4.69) is 20.3 Å². The van der Waals surface area contributed by atoms with Crippen LogP contribution in [0.15, 0.2) is 48.8 Å². The van der Waals surface area contributed by atoms with Crippen molar-refractivity contribution in [3.63, 3.8) is 0 Å². The Morgan fingerprint density at radius 2 is 1.91 bits per heavy atom. The van der Waals surface area contributed by atoms with Crippen LogP contribution in [0.2, 0.25) is 0 Å². The fourth-order valence-corrected chi connectivity index (χ4v) is 3.87. The van der Waals surface area contributed by atoms with Gasteiger partial charge in [0, 0.05) is 37.4 Å². The van der Waals surface area contributed by atoms with Gasteiger partial charge in [0.1, 0.15) is 5.69 Å². The van der Waals surface area contributed by atoms with Gasteiger partial charge in [-0.1, -0.05) is 19.9 Å². The molecule has 10 heteroatoms. The van der Waals surface area contributed by atoms with Crippen LogP contribution in [0.1, 0.15) is 19.5 Å². The number of halogens is 3. The quantitative estimate of drug-likeness (QED) is 0.647. The van der Waals surface area contributed by atoms with E-state index in [1.807, 2.05) is 44.2 Å². The van der Waals surface area contributed by atoms with E-state index in [1.54, 1.807) is 16.0 Å². The van der Waals surface area contributed by atoms with Gasteiger partial charge in [-0.15, -0.1) is 0 Å². The van der Waals surface area contributed by atoms with Crippen LogP contribution in [-0.4, -0.2) is 51.6 Å². The molecule has 2 amide bonds. The molecule has 1 N–H and O–H groups in total. The number of piperazine rings is 1. The van der Waals surface area contributed by atoms with E-state index in [9.17, 15) is 18.0 Å². The van der Waals surface area contributed by atoms with E-state index >= 15 is 0 Å². The van der Waals surface area contributed by atoms with Crippen LogP contribution >= 0.6 is 0 Å². The molecule has 1 aliphatic rings. The number of pyridine rings is 1. The highest BCUT2D eigenvalue weighted by molar-refractivity contribution is 6.00. The van der Waals surface area contributed by atoms with Crippen LogP contribution in [0.25, 0.3) is 10.9 Å². The Hall–Kier alpha value is -3.43. The summed E-state index contributed by atoms with van der Waals surface area (Å²) >= 11 is 0. The Morgan fingerprint density at radius 1 is 1.09 bits per heavy atom. The molecule has 1 atom stereocenters. The summed E-state index contributed by atoms with van der Waals surface area (Å²) in [6, 6.07) is 9.58. The van der Waals surface area contributed by atoms with Crippen molar-refractivity contribution in [1.29, 1.82) is 0 Å². The number of hydrogen-bond donors (Lipinski definition) is 1. The molecular formula is C22H23F3N6O. The molecule has 0 saturated carbocycles. The zero-order valence-electron chi connectivity index (χ0n) is 17.7. The number of alkyl halides is 3. The number of nitrogens with one attached hydrogen (secondary N) is 1. The molecule has 3 aromatic rings. The maximum absolute atomic E-state index is 13.2. The summed E-state index contributed by atoms with van der Waals surface area (Å²) in [4.78, 5) is 28.6. The molecular weight excluding hydrogens is 421 g/mol. The molecule has 2 aromatic heterocycles. The predicted octanol–water partition coefficient (Wildman–Crippen LogP) is 4.42. The molecule has 168 valence electrons. The van der Waals surface area contributed by atoms with Gasteiger partial charge in [-0.2, -0.15) is 13.2 Å². The highest BCUT2D eigenvalue weighted by Crippen LogP contribution is 2.29. The zero-order valence-corrected chi connectivity index (χ0v) is 17.7. The van der Waals surface area contributed by atoms with Crippen molar-refractivity contribution in [2.45, 2.75) is 26.1 Å². The highest BCUT2D eigenvalue weighted by atomic mass is 19.4. The van der Waals surface area contributed by atoms with Gasteiger partial charge in [0.15, 0.2) is 0 Å². The minimum Gasteiger partial charge on any atom is -0.337 e. The molecule has 1 saturated heterocycles. The van der Waals surface area contributed by atoms with Crippen molar-refractivity contribution < 1.29 is 18.0 Å². The van der Waals surface area contributed by atoms with Crippen LogP contribution in [-0.2, 0) is 6.18 Å². The highest BCUT2D eigenvalue weighted by Gasteiger charge is 2.36. The van der Waals surface area contributed by atoms with Crippen molar-refractivity contribution in [3.8, 4) is 0 Å². The van der Waals surface area contributed by atoms with Crippen LogP contribution in [0.3, 0.4) is 0 Å². The number of nitrogens with zero attached hydrogens (tertiary/aromatic N) is 5. The number of carbonyl (C=O) groups is 1. The summed E-state index contributed by atoms with van der Waals surface area (Å²) in [5, 5.41) is 3.81. The van der Waals surface area contributed by atoms with Gasteiger partial charge in [-0.05, 0) is 36.2 Å². The lowest BCUT2D eigenvalue weighted by Crippen LogP contribution is -2.58. The fourth-order valence-electron chi connectivity index (χ4n) is 3.87. The number of rotatable bonds is 3. The van der Waals surface area contributed by atoms with Gasteiger partial charge in [0.05, 0.1) is 17.2 Å². The largest absolute Gasteiger partial charge is 0.433 e. The van der Waals surface area contributed by atoms with E-state index in [0.29, 0.717) is 25.3 Å². The summed E-state index contributed by atoms with van der Waals surface area (Å²) in [7, 11) is 0. The van der Waals surface area contributed by atoms with Crippen molar-refractivity contribution in [3.05, 3.63) is 54.5 Å². The molecule has 1 unspecified atom stereocenters. The fraction of sp³-hybridized carbons (Fsp3) is 0.364. The van der Waals surface area contributed by atoms with Crippen molar-refractivity contribution in [2.75, 3.05) is 29.9 Å². The van der Waals surface area contributed by atoms with Gasteiger partial charge < -0.3 is 15.1 Å². The number of fused-ring (bicyclic) bond motifs is 1. The number of anilines is 2. The molecule has 0 aliphatic carbocycles. The third-order valence-corrected chi connectivity index (χ3v) is 5.55. The first-order valence-electron chi connectivity index (χ1n) is 10.3. The first-order valence-corrected chi connectivity index (χ1v) is 10.3. The minimum atomic E-state index is -4.54. The third-order valence-electron chi connectivity index (χ3n) is 5.55. The van der Waals surface area contributed by atoms with E-state index in [1.165, 1.54) is 0 Å². The lowest BCUT2D eigenvalue weighted by Gasteiger charge is -2.43. The standard InChI is InChI=1S/C22H23F3N6O/c1-14(2)18-13-30(20-27-10-8-19(29-20)22(23,24)25)11-12-31(18)21(32)28-17-7-3-6-16-15(17)5-4-9-26-16/h3-10,14,18H,11-13H2,1-2H3,(H,28,32). The lowest BCUT2D eigenvalue weighted by atomic mass is 10.00. The summed E-state index contributed by atoms with van der Waals surface area (Å²) in [5.74, 6) is 0.0918. The molecule has 1 aromatic carbocycles. The van der Waals surface area contributed by atoms with Gasteiger partial charge in [0.25, 0.3) is 0 Å². The molecule has 0 bridgehead atoms. The Balaban J connectivity index is 1.53. The average Bonchev–Trinajstić information content (AvgIpc) is 2.78. The van der Waals surface area contributed by atoms with Gasteiger partial charge in [0.2, 0.25) is 5.95 Å². The van der Waals surface area contributed by atoms with E-state index in [-0.39, 0.29) is 23.9 Å². The van der Waals surface area contributed by atoms with Crippen LogP contribution in [0.4, 0.5) is 29.6 Å². The summed E-state index contributed by atoms with van der Waals surface area (Å²) in [6.07, 6.45) is -1.73. The molecule has 0 radical (unpaired) electrons. The van der Waals surface area contributed by atoms with Gasteiger partial charge in [-0.25, -0.2) is 14.8 Å². The second kappa shape index (κ2) is 8.60. The van der Waals surface area contributed by atoms with E-state index < -0.39 is 11.9 Å². The van der Waals surface area contributed by atoms with Crippen LogP contribution in [0.5, 0.6) is 0 Å². The van der Waals surface area contributed by atoms with Crippen LogP contribution < -0.4 is 10.2 Å². The third kappa shape index (κ3) is 4.44. The average molecular weight is 444 g/mol. The molecule has 0 spiro atoms. The predicted molar refractivity (Wildman–Crippen MR) is 115 cm³/mol. The Bertz CT molecular complexity index is 1110. The Labute approximate surface area is 183 Å². The lowest BCUT2D eigenvalue weighted by molar-refractivity contribution is -0.141. The number of amides is 2. The van der Waals surface area contributed by atoms with Crippen molar-refractivity contribution >= 4 is 28.6 Å². The normalized spacial score (nSPS) is 17.1. The number of hydrogen-bond acceptors (Lipinski definition) is 5. The Morgan fingerprint density at radius 3 is 2.66 bits per heavy atom. The van der Waals surface area contributed by atoms with E-state index in [4.69, 9.17) is 0 Å². The van der Waals surface area contributed by atoms with Crippen molar-refractivity contribution in [2.24, 2.45) is 5.92 Å². The number of benzene rings is 1. The van der Waals surface area contributed by atoms with Gasteiger partial charge in [-0.3, -0.25) is 4.98 Å². The molecule has 1 aliphatic heterocycles. The minimum absolute atomic E-state index is 0.0191. The second-order valence-electron chi connectivity index (χ2n) is 8.00. The number of aromatic nitrogens is 3. The molecule has 7 nitrogen and oxygen atoms in total. The van der Waals surface area contributed by atoms with Crippen LogP contribution in [0, 0.1) is 5.92 Å². The first-order chi connectivity index (χ1) is 15.2. The summed E-state index contributed by atoms with van der Waals surface area (Å²) < 4.78 is 39.2. The van der Waals surface area contributed by atoms with E-state index in [0.717, 1.165) is 23.2 Å². The maximum atomic E-state index is 13.2. The molecule has 1 fully saturated rings. The molecule has 32 heavy (non-hydrogen) atoms. The second-order valence-corrected chi connectivity index (χ2v) is 8.00.